The Morgan fingerprint density at radius 1 is 1.00 bits per heavy atom. The van der Waals surface area contributed by atoms with Crippen LogP contribution in [0.1, 0.15) is 12.8 Å². The van der Waals surface area contributed by atoms with Crippen molar-refractivity contribution in [3.63, 3.8) is 0 Å². The molecule has 4 aromatic rings. The number of hydrogen-bond acceptors (Lipinski definition) is 8. The van der Waals surface area contributed by atoms with Crippen molar-refractivity contribution in [2.75, 3.05) is 28.0 Å². The molecule has 1 fully saturated rings. The van der Waals surface area contributed by atoms with Crippen molar-refractivity contribution in [1.82, 2.24) is 15.2 Å². The summed E-state index contributed by atoms with van der Waals surface area (Å²) in [4.78, 5) is 16.0. The van der Waals surface area contributed by atoms with Crippen LogP contribution >= 0.6 is 0 Å². The standard InChI is InChI=1S/C21H20N6O4S/c28-21-24-18-12-17(7-8-19(18)31-21)32(29,30)26-15-5-3-14(4-6-15)23-20-11-16(13-22-25-20)27-9-1-2-10-27/h3-8,11-13,26H,1-2,9-10H2,(H,23,25)(H,24,28). The first kappa shape index (κ1) is 20.1. The highest BCUT2D eigenvalue weighted by molar-refractivity contribution is 7.92. The van der Waals surface area contributed by atoms with Gasteiger partial charge in [-0.3, -0.25) is 9.71 Å². The van der Waals surface area contributed by atoms with Crippen molar-refractivity contribution in [3.8, 4) is 0 Å². The molecule has 164 valence electrons. The second-order valence-electron chi connectivity index (χ2n) is 7.47. The van der Waals surface area contributed by atoms with Crippen molar-refractivity contribution >= 4 is 44.0 Å². The lowest BCUT2D eigenvalue weighted by Gasteiger charge is -2.17. The van der Waals surface area contributed by atoms with Crippen molar-refractivity contribution in [1.29, 1.82) is 0 Å². The first-order valence-electron chi connectivity index (χ1n) is 10.1. The van der Waals surface area contributed by atoms with Crippen molar-refractivity contribution in [3.05, 3.63) is 65.3 Å². The highest BCUT2D eigenvalue weighted by Crippen LogP contribution is 2.25. The van der Waals surface area contributed by atoms with Gasteiger partial charge in [0.15, 0.2) is 11.4 Å². The summed E-state index contributed by atoms with van der Waals surface area (Å²) in [7, 11) is -3.84. The molecule has 3 heterocycles. The second-order valence-corrected chi connectivity index (χ2v) is 9.16. The molecule has 1 saturated heterocycles. The number of H-pyrrole nitrogens is 1. The number of sulfonamides is 1. The molecule has 10 nitrogen and oxygen atoms in total. The molecule has 11 heteroatoms. The number of nitrogens with zero attached hydrogens (tertiary/aromatic N) is 3. The maximum absolute atomic E-state index is 12.7. The molecule has 0 bridgehead atoms. The lowest BCUT2D eigenvalue weighted by Crippen LogP contribution is -2.18. The summed E-state index contributed by atoms with van der Waals surface area (Å²) >= 11 is 0. The Morgan fingerprint density at radius 3 is 2.53 bits per heavy atom. The molecule has 1 aliphatic heterocycles. The third kappa shape index (κ3) is 4.14. The Balaban J connectivity index is 1.30. The number of aromatic amines is 1. The van der Waals surface area contributed by atoms with Gasteiger partial charge in [0.1, 0.15) is 0 Å². The molecule has 0 unspecified atom stereocenters. The third-order valence-corrected chi connectivity index (χ3v) is 6.60. The molecule has 5 rings (SSSR count). The zero-order chi connectivity index (χ0) is 22.1. The van der Waals surface area contributed by atoms with Gasteiger partial charge in [-0.15, -0.1) is 5.10 Å². The Bertz CT molecular complexity index is 1420. The van der Waals surface area contributed by atoms with Gasteiger partial charge in [-0.1, -0.05) is 0 Å². The largest absolute Gasteiger partial charge is 0.417 e. The van der Waals surface area contributed by atoms with Crippen LogP contribution in [0.25, 0.3) is 11.1 Å². The summed E-state index contributed by atoms with van der Waals surface area (Å²) in [5, 5.41) is 11.4. The van der Waals surface area contributed by atoms with Gasteiger partial charge >= 0.3 is 5.76 Å². The van der Waals surface area contributed by atoms with Gasteiger partial charge in [0.25, 0.3) is 10.0 Å². The maximum Gasteiger partial charge on any atom is 0.417 e. The fraction of sp³-hybridized carbons (Fsp3) is 0.190. The van der Waals surface area contributed by atoms with Gasteiger partial charge in [-0.2, -0.15) is 5.10 Å². The second kappa shape index (κ2) is 8.00. The number of nitrogens with one attached hydrogen (secondary N) is 3. The fourth-order valence-corrected chi connectivity index (χ4v) is 4.73. The summed E-state index contributed by atoms with van der Waals surface area (Å²) < 4.78 is 32.9. The van der Waals surface area contributed by atoms with Gasteiger partial charge in [-0.25, -0.2) is 13.2 Å². The molecule has 2 aromatic heterocycles. The first-order chi connectivity index (χ1) is 15.5. The van der Waals surface area contributed by atoms with E-state index in [0.717, 1.165) is 24.5 Å². The van der Waals surface area contributed by atoms with Gasteiger partial charge < -0.3 is 14.6 Å². The van der Waals surface area contributed by atoms with Crippen LogP contribution in [0.3, 0.4) is 0 Å². The minimum atomic E-state index is -3.84. The highest BCUT2D eigenvalue weighted by atomic mass is 32.2. The van der Waals surface area contributed by atoms with Crippen LogP contribution < -0.4 is 20.7 Å². The minimum absolute atomic E-state index is 0.0123. The van der Waals surface area contributed by atoms with E-state index in [-0.39, 0.29) is 4.90 Å². The van der Waals surface area contributed by atoms with Gasteiger partial charge in [-0.05, 0) is 55.3 Å². The maximum atomic E-state index is 12.7. The predicted octanol–water partition coefficient (Wildman–Crippen LogP) is 3.06. The SMILES string of the molecule is O=c1[nH]c2cc(S(=O)(=O)Nc3ccc(Nc4cc(N5CCCC5)cnn4)cc3)ccc2o1. The Morgan fingerprint density at radius 2 is 1.75 bits per heavy atom. The van der Waals surface area contributed by atoms with E-state index in [1.165, 1.54) is 31.0 Å². The summed E-state index contributed by atoms with van der Waals surface area (Å²) in [6.45, 7) is 2.03. The topological polar surface area (TPSA) is 133 Å². The van der Waals surface area contributed by atoms with Crippen LogP contribution in [-0.2, 0) is 10.0 Å². The van der Waals surface area contributed by atoms with E-state index >= 15 is 0 Å². The van der Waals surface area contributed by atoms with Gasteiger partial charge in [0, 0.05) is 30.5 Å². The Hall–Kier alpha value is -3.86. The molecule has 0 atom stereocenters. The third-order valence-electron chi connectivity index (χ3n) is 5.22. The smallest absolute Gasteiger partial charge is 0.408 e. The highest BCUT2D eigenvalue weighted by Gasteiger charge is 2.16. The van der Waals surface area contributed by atoms with Crippen LogP contribution in [0.4, 0.5) is 22.9 Å². The van der Waals surface area contributed by atoms with Crippen LogP contribution in [0.15, 0.2) is 68.8 Å². The molecule has 2 aromatic carbocycles. The van der Waals surface area contributed by atoms with E-state index < -0.39 is 15.8 Å². The van der Waals surface area contributed by atoms with Gasteiger partial charge in [0.05, 0.1) is 22.3 Å². The number of hydrogen-bond donors (Lipinski definition) is 3. The van der Waals surface area contributed by atoms with E-state index in [2.05, 4.69) is 30.1 Å². The van der Waals surface area contributed by atoms with Crippen molar-refractivity contribution in [2.24, 2.45) is 0 Å². The monoisotopic (exact) mass is 452 g/mol. The number of oxazole rings is 1. The predicted molar refractivity (Wildman–Crippen MR) is 121 cm³/mol. The fourth-order valence-electron chi connectivity index (χ4n) is 3.65. The summed E-state index contributed by atoms with van der Waals surface area (Å²) in [6.07, 6.45) is 4.11. The van der Waals surface area contributed by atoms with Gasteiger partial charge in [0.2, 0.25) is 0 Å². The average Bonchev–Trinajstić information content (AvgIpc) is 3.43. The van der Waals surface area contributed by atoms with E-state index in [1.54, 1.807) is 30.5 Å². The first-order valence-corrected chi connectivity index (χ1v) is 11.6. The minimum Gasteiger partial charge on any atom is -0.408 e. The van der Waals surface area contributed by atoms with E-state index in [0.29, 0.717) is 22.6 Å². The van der Waals surface area contributed by atoms with E-state index in [1.807, 2.05) is 6.07 Å². The molecular formula is C21H20N6O4S. The molecule has 0 saturated carbocycles. The lowest BCUT2D eigenvalue weighted by molar-refractivity contribution is 0.555. The van der Waals surface area contributed by atoms with Crippen LogP contribution in [0, 0.1) is 0 Å². The lowest BCUT2D eigenvalue weighted by atomic mass is 10.3. The van der Waals surface area contributed by atoms with Crippen LogP contribution in [-0.4, -0.2) is 36.7 Å². The number of rotatable bonds is 6. The summed E-state index contributed by atoms with van der Waals surface area (Å²) in [5.41, 5.74) is 2.78. The Kier molecular flexibility index (Phi) is 5.02. The number of benzene rings is 2. The molecule has 0 aliphatic carbocycles. The zero-order valence-electron chi connectivity index (χ0n) is 16.9. The number of anilines is 4. The molecule has 32 heavy (non-hydrogen) atoms. The molecule has 0 amide bonds. The molecule has 3 N–H and O–H groups in total. The Labute approximate surface area is 183 Å². The van der Waals surface area contributed by atoms with Crippen LogP contribution in [0.2, 0.25) is 0 Å². The summed E-state index contributed by atoms with van der Waals surface area (Å²) in [5.74, 6) is -0.0219. The zero-order valence-corrected chi connectivity index (χ0v) is 17.7. The van der Waals surface area contributed by atoms with Crippen molar-refractivity contribution < 1.29 is 12.8 Å². The molecular weight excluding hydrogens is 432 g/mol. The number of fused-ring (bicyclic) bond motifs is 1. The quantitative estimate of drug-likeness (QED) is 0.406. The van der Waals surface area contributed by atoms with E-state index in [9.17, 15) is 13.2 Å². The number of aromatic nitrogens is 3. The summed E-state index contributed by atoms with van der Waals surface area (Å²) in [6, 6.07) is 12.9. The molecule has 0 spiro atoms. The van der Waals surface area contributed by atoms with E-state index in [4.69, 9.17) is 4.42 Å². The normalized spacial score (nSPS) is 14.1. The van der Waals surface area contributed by atoms with Crippen molar-refractivity contribution in [2.45, 2.75) is 17.7 Å². The molecule has 0 radical (unpaired) electrons. The molecule has 1 aliphatic rings. The van der Waals surface area contributed by atoms with Crippen LogP contribution in [0.5, 0.6) is 0 Å². The average molecular weight is 452 g/mol.